The molecule has 154 valence electrons. The van der Waals surface area contributed by atoms with Gasteiger partial charge in [-0.25, -0.2) is 9.78 Å². The lowest BCUT2D eigenvalue weighted by molar-refractivity contribution is -0.158. The first-order chi connectivity index (χ1) is 13.4. The smallest absolute Gasteiger partial charge is 0.328 e. The van der Waals surface area contributed by atoms with E-state index in [2.05, 4.69) is 16.9 Å². The lowest BCUT2D eigenvalue weighted by Crippen LogP contribution is -2.42. The molecule has 28 heavy (non-hydrogen) atoms. The first kappa shape index (κ1) is 21.7. The van der Waals surface area contributed by atoms with Gasteiger partial charge in [-0.05, 0) is 39.0 Å². The molecule has 2 N–H and O–H groups in total. The summed E-state index contributed by atoms with van der Waals surface area (Å²) in [7, 11) is 1.36. The van der Waals surface area contributed by atoms with Crippen LogP contribution in [0, 0.1) is 5.92 Å². The van der Waals surface area contributed by atoms with E-state index >= 15 is 0 Å². The number of carbonyl (C=O) groups excluding carboxylic acids is 2. The Kier molecular flexibility index (Phi) is 7.80. The van der Waals surface area contributed by atoms with Crippen molar-refractivity contribution >= 4 is 11.9 Å². The van der Waals surface area contributed by atoms with Gasteiger partial charge < -0.3 is 24.6 Å². The van der Waals surface area contributed by atoms with Crippen molar-refractivity contribution in [2.24, 2.45) is 5.92 Å². The Hall–Kier alpha value is -2.61. The number of carbonyl (C=O) groups is 2. The monoisotopic (exact) mass is 392 g/mol. The predicted octanol–water partition coefficient (Wildman–Crippen LogP) is 2.22. The molecule has 0 unspecified atom stereocenters. The Bertz CT molecular complexity index is 704. The van der Waals surface area contributed by atoms with Gasteiger partial charge in [0.1, 0.15) is 12.1 Å². The third-order valence-corrected chi connectivity index (χ3v) is 4.49. The maximum atomic E-state index is 12.4. The highest BCUT2D eigenvalue weighted by Gasteiger charge is 2.28. The van der Waals surface area contributed by atoms with Crippen LogP contribution >= 0.6 is 0 Å². The summed E-state index contributed by atoms with van der Waals surface area (Å²) >= 11 is 0. The zero-order valence-electron chi connectivity index (χ0n) is 16.5. The summed E-state index contributed by atoms with van der Waals surface area (Å²) < 4.78 is 16.3. The molecule has 8 heteroatoms. The average molecular weight is 392 g/mol. The molecular weight excluding hydrogens is 364 g/mol. The van der Waals surface area contributed by atoms with Crippen LogP contribution in [0.25, 0.3) is 0 Å². The molecule has 1 aliphatic carbocycles. The molecule has 0 aromatic carbocycles. The second-order valence-corrected chi connectivity index (χ2v) is 6.89. The Morgan fingerprint density at radius 2 is 2.14 bits per heavy atom. The van der Waals surface area contributed by atoms with E-state index in [1.807, 2.05) is 0 Å². The standard InChI is InChI=1S/C20H28N2O6/c1-5-6-15(27-11-14-7-8-14)13(3)28-20(25)12(2)22-19(24)17-18(23)16(26-4)9-10-21-17/h5,9-10,12-15,23H,1,6-8,11H2,2-4H3,(H,22,24)/t12-,13-,15+/m0/s1. The van der Waals surface area contributed by atoms with Gasteiger partial charge in [0.2, 0.25) is 0 Å². The number of aromatic hydroxyl groups is 1. The minimum Gasteiger partial charge on any atom is -0.503 e. The van der Waals surface area contributed by atoms with Crippen molar-refractivity contribution < 1.29 is 28.9 Å². The van der Waals surface area contributed by atoms with Gasteiger partial charge >= 0.3 is 5.97 Å². The summed E-state index contributed by atoms with van der Waals surface area (Å²) in [6.07, 6.45) is 5.18. The van der Waals surface area contributed by atoms with E-state index in [4.69, 9.17) is 14.2 Å². The fourth-order valence-corrected chi connectivity index (χ4v) is 2.56. The number of esters is 1. The molecule has 1 fully saturated rings. The first-order valence-corrected chi connectivity index (χ1v) is 9.33. The fourth-order valence-electron chi connectivity index (χ4n) is 2.56. The van der Waals surface area contributed by atoms with E-state index in [0.29, 0.717) is 18.9 Å². The lowest BCUT2D eigenvalue weighted by atomic mass is 10.1. The summed E-state index contributed by atoms with van der Waals surface area (Å²) in [5.41, 5.74) is -0.232. The van der Waals surface area contributed by atoms with Crippen molar-refractivity contribution in [2.45, 2.75) is 51.4 Å². The van der Waals surface area contributed by atoms with Crippen molar-refractivity contribution in [3.05, 3.63) is 30.6 Å². The van der Waals surface area contributed by atoms with E-state index in [0.717, 1.165) is 0 Å². The summed E-state index contributed by atoms with van der Waals surface area (Å²) in [5, 5.41) is 12.5. The molecule has 8 nitrogen and oxygen atoms in total. The summed E-state index contributed by atoms with van der Waals surface area (Å²) in [6, 6.07) is 0.488. The Morgan fingerprint density at radius 1 is 1.43 bits per heavy atom. The van der Waals surface area contributed by atoms with E-state index in [9.17, 15) is 14.7 Å². The van der Waals surface area contributed by atoms with Crippen molar-refractivity contribution in [2.75, 3.05) is 13.7 Å². The van der Waals surface area contributed by atoms with Crippen LogP contribution in [0.5, 0.6) is 11.5 Å². The van der Waals surface area contributed by atoms with Gasteiger partial charge in [-0.2, -0.15) is 0 Å². The van der Waals surface area contributed by atoms with Crippen LogP contribution in [-0.4, -0.2) is 53.9 Å². The van der Waals surface area contributed by atoms with Gasteiger partial charge in [0.05, 0.1) is 13.2 Å². The van der Waals surface area contributed by atoms with Crippen molar-refractivity contribution in [1.82, 2.24) is 10.3 Å². The fraction of sp³-hybridized carbons (Fsp3) is 0.550. The molecule has 0 radical (unpaired) electrons. The molecule has 1 aromatic heterocycles. The normalized spacial score (nSPS) is 16.5. The van der Waals surface area contributed by atoms with Gasteiger partial charge in [-0.15, -0.1) is 6.58 Å². The Morgan fingerprint density at radius 3 is 2.75 bits per heavy atom. The van der Waals surface area contributed by atoms with Gasteiger partial charge in [-0.3, -0.25) is 4.79 Å². The van der Waals surface area contributed by atoms with Crippen molar-refractivity contribution in [3.63, 3.8) is 0 Å². The van der Waals surface area contributed by atoms with Crippen LogP contribution in [-0.2, 0) is 14.3 Å². The van der Waals surface area contributed by atoms with Crippen LogP contribution in [0.4, 0.5) is 0 Å². The lowest BCUT2D eigenvalue weighted by Gasteiger charge is -2.25. The second kappa shape index (κ2) is 10.1. The average Bonchev–Trinajstić information content (AvgIpc) is 3.49. The quantitative estimate of drug-likeness (QED) is 0.439. The molecule has 1 aliphatic rings. The van der Waals surface area contributed by atoms with Gasteiger partial charge in [0.15, 0.2) is 17.2 Å². The summed E-state index contributed by atoms with van der Waals surface area (Å²) in [6.45, 7) is 7.61. The first-order valence-electron chi connectivity index (χ1n) is 9.33. The molecule has 1 heterocycles. The van der Waals surface area contributed by atoms with Crippen LogP contribution in [0.3, 0.4) is 0 Å². The third-order valence-electron chi connectivity index (χ3n) is 4.49. The third kappa shape index (κ3) is 5.95. The SMILES string of the molecule is C=CC[C@@H](OCC1CC1)[C@H](C)OC(=O)[C@H](C)NC(=O)c1nccc(OC)c1O. The predicted molar refractivity (Wildman–Crippen MR) is 102 cm³/mol. The maximum Gasteiger partial charge on any atom is 0.328 e. The van der Waals surface area contributed by atoms with Crippen molar-refractivity contribution in [1.29, 1.82) is 0 Å². The van der Waals surface area contributed by atoms with Crippen LogP contribution < -0.4 is 10.1 Å². The number of hydrogen-bond donors (Lipinski definition) is 2. The maximum absolute atomic E-state index is 12.4. The number of nitrogens with one attached hydrogen (secondary N) is 1. The summed E-state index contributed by atoms with van der Waals surface area (Å²) in [5.74, 6) is -0.995. The molecular formula is C20H28N2O6. The molecule has 2 rings (SSSR count). The minimum atomic E-state index is -0.935. The van der Waals surface area contributed by atoms with Crippen molar-refractivity contribution in [3.8, 4) is 11.5 Å². The Balaban J connectivity index is 1.91. The van der Waals surface area contributed by atoms with E-state index in [1.165, 1.54) is 39.1 Å². The van der Waals surface area contributed by atoms with Gasteiger partial charge in [0.25, 0.3) is 5.91 Å². The molecule has 0 bridgehead atoms. The largest absolute Gasteiger partial charge is 0.503 e. The number of aromatic nitrogens is 1. The number of ether oxygens (including phenoxy) is 3. The number of rotatable bonds is 11. The Labute approximate surface area is 164 Å². The van der Waals surface area contributed by atoms with Crippen LogP contribution in [0.2, 0.25) is 0 Å². The molecule has 1 amide bonds. The molecule has 1 aromatic rings. The van der Waals surface area contributed by atoms with E-state index in [1.54, 1.807) is 13.0 Å². The van der Waals surface area contributed by atoms with Crippen LogP contribution in [0.1, 0.15) is 43.6 Å². The second-order valence-electron chi connectivity index (χ2n) is 6.89. The molecule has 0 aliphatic heterocycles. The number of nitrogens with zero attached hydrogens (tertiary/aromatic N) is 1. The highest BCUT2D eigenvalue weighted by atomic mass is 16.6. The molecule has 0 spiro atoms. The highest BCUT2D eigenvalue weighted by Crippen LogP contribution is 2.30. The number of methoxy groups -OCH3 is 1. The topological polar surface area (TPSA) is 107 Å². The minimum absolute atomic E-state index is 0.115. The van der Waals surface area contributed by atoms with Gasteiger partial charge in [0, 0.05) is 18.9 Å². The van der Waals surface area contributed by atoms with E-state index < -0.39 is 29.8 Å². The molecule has 0 saturated heterocycles. The van der Waals surface area contributed by atoms with E-state index in [-0.39, 0.29) is 17.5 Å². The zero-order chi connectivity index (χ0) is 20.7. The van der Waals surface area contributed by atoms with Gasteiger partial charge in [-0.1, -0.05) is 6.08 Å². The van der Waals surface area contributed by atoms with Crippen LogP contribution in [0.15, 0.2) is 24.9 Å². The number of hydrogen-bond acceptors (Lipinski definition) is 7. The molecule has 3 atom stereocenters. The zero-order valence-corrected chi connectivity index (χ0v) is 16.5. The molecule has 1 saturated carbocycles. The number of amides is 1. The summed E-state index contributed by atoms with van der Waals surface area (Å²) in [4.78, 5) is 28.5. The number of pyridine rings is 1. The highest BCUT2D eigenvalue weighted by molar-refractivity contribution is 5.97.